The molecule has 0 saturated carbocycles. The Morgan fingerprint density at radius 2 is 2.10 bits per heavy atom. The number of aliphatic hydroxyl groups is 1. The summed E-state index contributed by atoms with van der Waals surface area (Å²) in [6, 6.07) is 13.7. The van der Waals surface area contributed by atoms with Crippen molar-refractivity contribution >= 4 is 0 Å². The van der Waals surface area contributed by atoms with Gasteiger partial charge in [0.15, 0.2) is 0 Å². The molecule has 3 rings (SSSR count). The molecule has 1 aliphatic heterocycles. The second-order valence-corrected chi connectivity index (χ2v) is 5.00. The Balaban J connectivity index is 1.81. The minimum absolute atomic E-state index is 0.530. The highest BCUT2D eigenvalue weighted by Crippen LogP contribution is 2.30. The Morgan fingerprint density at radius 1 is 1.25 bits per heavy atom. The molecule has 1 N–H and O–H groups in total. The Kier molecular flexibility index (Phi) is 3.61. The zero-order valence-corrected chi connectivity index (χ0v) is 11.5. The molecule has 0 aromatic heterocycles. The van der Waals surface area contributed by atoms with Gasteiger partial charge >= 0.3 is 0 Å². The molecule has 0 fully saturated rings. The van der Waals surface area contributed by atoms with Gasteiger partial charge in [0.2, 0.25) is 0 Å². The summed E-state index contributed by atoms with van der Waals surface area (Å²) in [6.07, 6.45) is 0.936. The van der Waals surface area contributed by atoms with Crippen molar-refractivity contribution in [1.29, 1.82) is 0 Å². The normalized spacial score (nSPS) is 14.5. The van der Waals surface area contributed by atoms with Crippen LogP contribution in [0.1, 0.15) is 22.8 Å². The van der Waals surface area contributed by atoms with Gasteiger partial charge in [-0.1, -0.05) is 24.3 Å². The zero-order valence-electron chi connectivity index (χ0n) is 11.5. The highest BCUT2D eigenvalue weighted by Gasteiger charge is 2.16. The largest absolute Gasteiger partial charge is 0.496 e. The molecule has 0 bridgehead atoms. The molecule has 1 unspecified atom stereocenters. The van der Waals surface area contributed by atoms with E-state index in [0.29, 0.717) is 6.42 Å². The highest BCUT2D eigenvalue weighted by atomic mass is 16.5. The minimum atomic E-state index is -0.530. The number of hydrogen-bond donors (Lipinski definition) is 1. The van der Waals surface area contributed by atoms with Crippen LogP contribution in [0, 0.1) is 0 Å². The van der Waals surface area contributed by atoms with E-state index in [1.807, 2.05) is 42.5 Å². The van der Waals surface area contributed by atoms with Crippen molar-refractivity contribution < 1.29 is 14.6 Å². The number of aliphatic hydroxyl groups excluding tert-OH is 1. The third-order valence-corrected chi connectivity index (χ3v) is 3.70. The molecular weight excluding hydrogens is 252 g/mol. The number of fused-ring (bicyclic) bond motifs is 1. The van der Waals surface area contributed by atoms with Crippen LogP contribution in [0.2, 0.25) is 0 Å². The minimum Gasteiger partial charge on any atom is -0.496 e. The Morgan fingerprint density at radius 3 is 2.95 bits per heavy atom. The second kappa shape index (κ2) is 5.55. The first kappa shape index (κ1) is 13.0. The van der Waals surface area contributed by atoms with Gasteiger partial charge in [-0.15, -0.1) is 0 Å². The molecule has 1 atom stereocenters. The van der Waals surface area contributed by atoms with Gasteiger partial charge in [0.25, 0.3) is 0 Å². The van der Waals surface area contributed by atoms with Crippen LogP contribution in [0.3, 0.4) is 0 Å². The molecule has 1 aliphatic rings. The molecule has 2 aromatic carbocycles. The molecule has 0 amide bonds. The van der Waals surface area contributed by atoms with Gasteiger partial charge in [0.05, 0.1) is 19.8 Å². The summed E-state index contributed by atoms with van der Waals surface area (Å²) in [5.41, 5.74) is 3.13. The molecule has 2 aromatic rings. The fourth-order valence-electron chi connectivity index (χ4n) is 2.61. The Labute approximate surface area is 118 Å². The molecule has 3 heteroatoms. The average Bonchev–Trinajstić information content (AvgIpc) is 2.95. The van der Waals surface area contributed by atoms with E-state index in [2.05, 4.69) is 0 Å². The van der Waals surface area contributed by atoms with Crippen LogP contribution in [0.5, 0.6) is 11.5 Å². The maximum Gasteiger partial charge on any atom is 0.122 e. The van der Waals surface area contributed by atoms with Crippen molar-refractivity contribution in [3.8, 4) is 11.5 Å². The number of para-hydroxylation sites is 1. The lowest BCUT2D eigenvalue weighted by Crippen LogP contribution is -2.03. The third kappa shape index (κ3) is 2.49. The lowest BCUT2D eigenvalue weighted by molar-refractivity contribution is 0.177. The van der Waals surface area contributed by atoms with Crippen molar-refractivity contribution in [2.75, 3.05) is 13.7 Å². The fourth-order valence-corrected chi connectivity index (χ4v) is 2.61. The predicted octanol–water partition coefficient (Wildman–Crippen LogP) is 2.91. The lowest BCUT2D eigenvalue weighted by atomic mass is 9.98. The van der Waals surface area contributed by atoms with E-state index in [9.17, 15) is 5.11 Å². The predicted molar refractivity (Wildman–Crippen MR) is 77.3 cm³/mol. The SMILES string of the molecule is COc1ccccc1CC(O)c1ccc2c(c1)CCO2. The van der Waals surface area contributed by atoms with Gasteiger partial charge in [0.1, 0.15) is 11.5 Å². The standard InChI is InChI=1S/C17H18O3/c1-19-16-5-3-2-4-13(16)11-15(18)12-6-7-17-14(10-12)8-9-20-17/h2-7,10,15,18H,8-9,11H2,1H3. The molecule has 1 heterocycles. The number of rotatable bonds is 4. The van der Waals surface area contributed by atoms with Gasteiger partial charge < -0.3 is 14.6 Å². The molecule has 0 aliphatic carbocycles. The van der Waals surface area contributed by atoms with E-state index >= 15 is 0 Å². The topological polar surface area (TPSA) is 38.7 Å². The maximum atomic E-state index is 10.4. The van der Waals surface area contributed by atoms with E-state index in [-0.39, 0.29) is 0 Å². The van der Waals surface area contributed by atoms with E-state index in [1.165, 1.54) is 5.56 Å². The Hall–Kier alpha value is -2.00. The van der Waals surface area contributed by atoms with Crippen LogP contribution < -0.4 is 9.47 Å². The molecule has 3 nitrogen and oxygen atoms in total. The average molecular weight is 270 g/mol. The monoisotopic (exact) mass is 270 g/mol. The lowest BCUT2D eigenvalue weighted by Gasteiger charge is -2.14. The Bertz CT molecular complexity index is 607. The van der Waals surface area contributed by atoms with Crippen LogP contribution in [0.25, 0.3) is 0 Å². The first-order valence-electron chi connectivity index (χ1n) is 6.83. The van der Waals surface area contributed by atoms with Gasteiger partial charge in [0, 0.05) is 12.8 Å². The highest BCUT2D eigenvalue weighted by molar-refractivity contribution is 5.41. The van der Waals surface area contributed by atoms with Crippen LogP contribution >= 0.6 is 0 Å². The molecule has 0 radical (unpaired) electrons. The first-order valence-corrected chi connectivity index (χ1v) is 6.83. The van der Waals surface area contributed by atoms with E-state index in [0.717, 1.165) is 35.7 Å². The van der Waals surface area contributed by atoms with E-state index < -0.39 is 6.10 Å². The van der Waals surface area contributed by atoms with Crippen molar-refractivity contribution in [1.82, 2.24) is 0 Å². The van der Waals surface area contributed by atoms with Crippen molar-refractivity contribution in [3.63, 3.8) is 0 Å². The van der Waals surface area contributed by atoms with Crippen molar-refractivity contribution in [2.24, 2.45) is 0 Å². The second-order valence-electron chi connectivity index (χ2n) is 5.00. The molecule has 0 saturated heterocycles. The number of ether oxygens (including phenoxy) is 2. The molecular formula is C17H18O3. The summed E-state index contributed by atoms with van der Waals surface area (Å²) in [5, 5.41) is 10.4. The summed E-state index contributed by atoms with van der Waals surface area (Å²) in [4.78, 5) is 0. The number of benzene rings is 2. The van der Waals surface area contributed by atoms with Crippen molar-refractivity contribution in [3.05, 3.63) is 59.2 Å². The van der Waals surface area contributed by atoms with Crippen LogP contribution in [0.4, 0.5) is 0 Å². The van der Waals surface area contributed by atoms with Crippen LogP contribution in [0.15, 0.2) is 42.5 Å². The van der Waals surface area contributed by atoms with Gasteiger partial charge in [-0.3, -0.25) is 0 Å². The first-order chi connectivity index (χ1) is 9.78. The van der Waals surface area contributed by atoms with Gasteiger partial charge in [-0.2, -0.15) is 0 Å². The van der Waals surface area contributed by atoms with Gasteiger partial charge in [-0.05, 0) is 34.9 Å². The maximum absolute atomic E-state index is 10.4. The zero-order chi connectivity index (χ0) is 13.9. The van der Waals surface area contributed by atoms with E-state index in [1.54, 1.807) is 7.11 Å². The van der Waals surface area contributed by atoms with E-state index in [4.69, 9.17) is 9.47 Å². The molecule has 0 spiro atoms. The van der Waals surface area contributed by atoms with Crippen LogP contribution in [-0.4, -0.2) is 18.8 Å². The van der Waals surface area contributed by atoms with Crippen molar-refractivity contribution in [2.45, 2.75) is 18.9 Å². The third-order valence-electron chi connectivity index (χ3n) is 3.70. The summed E-state index contributed by atoms with van der Waals surface area (Å²) >= 11 is 0. The molecule has 20 heavy (non-hydrogen) atoms. The van der Waals surface area contributed by atoms with Gasteiger partial charge in [-0.25, -0.2) is 0 Å². The summed E-state index contributed by atoms with van der Waals surface area (Å²) in [7, 11) is 1.65. The smallest absolute Gasteiger partial charge is 0.122 e. The fraction of sp³-hybridized carbons (Fsp3) is 0.294. The summed E-state index contributed by atoms with van der Waals surface area (Å²) in [6.45, 7) is 0.737. The summed E-state index contributed by atoms with van der Waals surface area (Å²) < 4.78 is 10.8. The molecule has 104 valence electrons. The quantitative estimate of drug-likeness (QED) is 0.928. The number of methoxy groups -OCH3 is 1. The van der Waals surface area contributed by atoms with Crippen LogP contribution in [-0.2, 0) is 12.8 Å². The number of hydrogen-bond acceptors (Lipinski definition) is 3. The summed E-state index contributed by atoms with van der Waals surface area (Å²) in [5.74, 6) is 1.76.